The molecule has 0 fully saturated rings. The summed E-state index contributed by atoms with van der Waals surface area (Å²) in [5, 5.41) is 12.0. The van der Waals surface area contributed by atoms with Crippen molar-refractivity contribution >= 4 is 61.4 Å². The lowest BCUT2D eigenvalue weighted by Gasteiger charge is -1.99. The predicted octanol–water partition coefficient (Wildman–Crippen LogP) is 3.40. The predicted molar refractivity (Wildman–Crippen MR) is 93.0 cm³/mol. The van der Waals surface area contributed by atoms with Crippen molar-refractivity contribution in [3.63, 3.8) is 0 Å². The molecule has 3 rings (SSSR count). The number of thioether (sulfide) groups is 1. The number of carbonyl (C=O) groups excluding carboxylic acids is 1. The second-order valence-electron chi connectivity index (χ2n) is 4.41. The van der Waals surface area contributed by atoms with E-state index in [-0.39, 0.29) is 5.91 Å². The third kappa shape index (κ3) is 2.92. The van der Waals surface area contributed by atoms with Crippen LogP contribution in [0, 0.1) is 6.92 Å². The number of thiophene rings is 1. The molecule has 3 aromatic rings. The maximum atomic E-state index is 12.4. The van der Waals surface area contributed by atoms with E-state index in [4.69, 9.17) is 5.73 Å². The van der Waals surface area contributed by atoms with E-state index in [9.17, 15) is 4.79 Å². The molecule has 0 aromatic carbocycles. The lowest BCUT2D eigenvalue weighted by Crippen LogP contribution is -2.11. The van der Waals surface area contributed by atoms with Gasteiger partial charge in [0.2, 0.25) is 5.13 Å². The normalized spacial score (nSPS) is 11.0. The molecule has 3 aromatic heterocycles. The Labute approximate surface area is 139 Å². The van der Waals surface area contributed by atoms with Gasteiger partial charge >= 0.3 is 0 Å². The molecule has 0 aliphatic heterocycles. The molecule has 0 saturated heterocycles. The highest BCUT2D eigenvalue weighted by Crippen LogP contribution is 2.33. The number of nitrogens with zero attached hydrogens (tertiary/aromatic N) is 3. The topological polar surface area (TPSA) is 93.8 Å². The lowest BCUT2D eigenvalue weighted by molar-refractivity contribution is 0.103. The number of aromatic nitrogens is 3. The van der Waals surface area contributed by atoms with E-state index >= 15 is 0 Å². The Bertz CT molecular complexity index is 841. The van der Waals surface area contributed by atoms with Crippen molar-refractivity contribution in [2.24, 2.45) is 0 Å². The number of nitrogens with one attached hydrogen (secondary N) is 1. The molecule has 0 spiro atoms. The van der Waals surface area contributed by atoms with Crippen molar-refractivity contribution in [1.29, 1.82) is 0 Å². The number of nitrogen functional groups attached to an aromatic ring is 1. The fraction of sp³-hybridized carbons (Fsp3) is 0.231. The lowest BCUT2D eigenvalue weighted by atomic mass is 10.2. The third-order valence-electron chi connectivity index (χ3n) is 2.83. The summed E-state index contributed by atoms with van der Waals surface area (Å²) < 4.78 is 0.833. The molecule has 3 heterocycles. The number of anilines is 2. The van der Waals surface area contributed by atoms with Gasteiger partial charge in [-0.25, -0.2) is 4.98 Å². The van der Waals surface area contributed by atoms with Gasteiger partial charge in [-0.15, -0.1) is 21.5 Å². The summed E-state index contributed by atoms with van der Waals surface area (Å²) in [7, 11) is 0. The van der Waals surface area contributed by atoms with E-state index in [1.807, 2.05) is 26.0 Å². The van der Waals surface area contributed by atoms with Crippen LogP contribution in [-0.4, -0.2) is 26.8 Å². The largest absolute Gasteiger partial charge is 0.397 e. The van der Waals surface area contributed by atoms with Crippen LogP contribution in [0.25, 0.3) is 10.2 Å². The molecule has 1 amide bonds. The molecule has 6 nitrogen and oxygen atoms in total. The van der Waals surface area contributed by atoms with Gasteiger partial charge in [-0.05, 0) is 24.8 Å². The second-order valence-corrected chi connectivity index (χ2v) is 7.90. The van der Waals surface area contributed by atoms with Gasteiger partial charge in [-0.2, -0.15) is 0 Å². The Balaban J connectivity index is 1.86. The number of nitrogens with two attached hydrogens (primary N) is 1. The fourth-order valence-corrected chi connectivity index (χ4v) is 4.53. The molecule has 0 unspecified atom stereocenters. The van der Waals surface area contributed by atoms with Gasteiger partial charge in [0.15, 0.2) is 4.34 Å². The number of aryl methyl sites for hydroxylation is 1. The van der Waals surface area contributed by atoms with Crippen molar-refractivity contribution in [2.45, 2.75) is 18.2 Å². The summed E-state index contributed by atoms with van der Waals surface area (Å²) in [6.45, 7) is 3.94. The molecular weight excluding hydrogens is 338 g/mol. The Morgan fingerprint density at radius 3 is 2.95 bits per heavy atom. The van der Waals surface area contributed by atoms with Crippen LogP contribution in [0.5, 0.6) is 0 Å². The molecule has 114 valence electrons. The summed E-state index contributed by atoms with van der Waals surface area (Å²) in [6.07, 6.45) is 0. The number of hydrogen-bond acceptors (Lipinski definition) is 8. The first-order valence-corrected chi connectivity index (χ1v) is 9.13. The van der Waals surface area contributed by atoms with E-state index in [1.54, 1.807) is 11.8 Å². The van der Waals surface area contributed by atoms with E-state index in [1.165, 1.54) is 22.7 Å². The zero-order valence-electron chi connectivity index (χ0n) is 11.9. The maximum absolute atomic E-state index is 12.4. The zero-order valence-corrected chi connectivity index (χ0v) is 14.4. The van der Waals surface area contributed by atoms with Gasteiger partial charge < -0.3 is 5.73 Å². The van der Waals surface area contributed by atoms with Gasteiger partial charge in [0.25, 0.3) is 5.91 Å². The first kappa shape index (κ1) is 15.2. The summed E-state index contributed by atoms with van der Waals surface area (Å²) in [5.74, 6) is 0.638. The number of hydrogen-bond donors (Lipinski definition) is 2. The number of pyridine rings is 1. The van der Waals surface area contributed by atoms with Crippen LogP contribution in [0.1, 0.15) is 22.3 Å². The molecule has 0 bridgehead atoms. The van der Waals surface area contributed by atoms with Crippen LogP contribution in [0.15, 0.2) is 16.5 Å². The number of carbonyl (C=O) groups is 1. The first-order chi connectivity index (χ1) is 10.6. The molecule has 9 heteroatoms. The zero-order chi connectivity index (χ0) is 15.7. The monoisotopic (exact) mass is 351 g/mol. The minimum Gasteiger partial charge on any atom is -0.397 e. The number of amides is 1. The van der Waals surface area contributed by atoms with Crippen molar-refractivity contribution in [3.8, 4) is 0 Å². The summed E-state index contributed by atoms with van der Waals surface area (Å²) >= 11 is 4.23. The summed E-state index contributed by atoms with van der Waals surface area (Å²) in [5.41, 5.74) is 7.42. The molecular formula is C13H13N5OS3. The van der Waals surface area contributed by atoms with Gasteiger partial charge in [0.05, 0.1) is 5.69 Å². The second kappa shape index (κ2) is 6.19. The van der Waals surface area contributed by atoms with Crippen molar-refractivity contribution in [3.05, 3.63) is 22.7 Å². The maximum Gasteiger partial charge on any atom is 0.269 e. The van der Waals surface area contributed by atoms with E-state index in [0.29, 0.717) is 15.7 Å². The Morgan fingerprint density at radius 1 is 1.36 bits per heavy atom. The molecule has 0 saturated carbocycles. The van der Waals surface area contributed by atoms with Gasteiger partial charge in [0.1, 0.15) is 9.71 Å². The minimum atomic E-state index is -0.276. The summed E-state index contributed by atoms with van der Waals surface area (Å²) in [4.78, 5) is 18.0. The quantitative estimate of drug-likeness (QED) is 0.553. The number of rotatable bonds is 4. The van der Waals surface area contributed by atoms with Crippen LogP contribution in [0.4, 0.5) is 10.8 Å². The third-order valence-corrected chi connectivity index (χ3v) is 5.80. The Kier molecular flexibility index (Phi) is 4.27. The highest BCUT2D eigenvalue weighted by Gasteiger charge is 2.18. The molecule has 0 aliphatic carbocycles. The highest BCUT2D eigenvalue weighted by atomic mass is 32.2. The fourth-order valence-electron chi connectivity index (χ4n) is 1.85. The minimum absolute atomic E-state index is 0.276. The van der Waals surface area contributed by atoms with Crippen LogP contribution in [0.3, 0.4) is 0 Å². The van der Waals surface area contributed by atoms with E-state index in [0.717, 1.165) is 26.0 Å². The Morgan fingerprint density at radius 2 is 2.18 bits per heavy atom. The molecule has 3 N–H and O–H groups in total. The van der Waals surface area contributed by atoms with Crippen LogP contribution in [0.2, 0.25) is 0 Å². The van der Waals surface area contributed by atoms with Crippen LogP contribution < -0.4 is 11.1 Å². The molecule has 0 atom stereocenters. The number of fused-ring (bicyclic) bond motifs is 1. The highest BCUT2D eigenvalue weighted by molar-refractivity contribution is 8.01. The van der Waals surface area contributed by atoms with Gasteiger partial charge in [0, 0.05) is 11.1 Å². The van der Waals surface area contributed by atoms with Gasteiger partial charge in [-0.3, -0.25) is 10.1 Å². The summed E-state index contributed by atoms with van der Waals surface area (Å²) in [6, 6.07) is 3.77. The molecule has 0 radical (unpaired) electrons. The van der Waals surface area contributed by atoms with Crippen molar-refractivity contribution < 1.29 is 4.79 Å². The molecule has 22 heavy (non-hydrogen) atoms. The van der Waals surface area contributed by atoms with E-state index in [2.05, 4.69) is 20.5 Å². The molecule has 0 aliphatic rings. The average Bonchev–Trinajstić information content (AvgIpc) is 3.04. The van der Waals surface area contributed by atoms with Gasteiger partial charge in [-0.1, -0.05) is 30.0 Å². The van der Waals surface area contributed by atoms with Crippen molar-refractivity contribution in [2.75, 3.05) is 16.8 Å². The van der Waals surface area contributed by atoms with Crippen LogP contribution in [-0.2, 0) is 0 Å². The first-order valence-electron chi connectivity index (χ1n) is 6.51. The van der Waals surface area contributed by atoms with E-state index < -0.39 is 0 Å². The Hall–Kier alpha value is -1.71. The van der Waals surface area contributed by atoms with Crippen molar-refractivity contribution in [1.82, 2.24) is 15.2 Å². The standard InChI is InChI=1S/C13H13N5OS3/c1-3-20-13-18-17-12(22-13)16-10(19)9-8(14)7-5-4-6(2)15-11(7)21-9/h4-5H,3,14H2,1-2H3,(H,16,17,19). The average molecular weight is 351 g/mol. The SMILES string of the molecule is CCSc1nnc(NC(=O)c2sc3nc(C)ccc3c2N)s1. The smallest absolute Gasteiger partial charge is 0.269 e. The van der Waals surface area contributed by atoms with Crippen LogP contribution >= 0.6 is 34.4 Å².